The molecule has 8 heteroatoms. The Hall–Kier alpha value is -2.74. The highest BCUT2D eigenvalue weighted by atomic mass is 16.5. The van der Waals surface area contributed by atoms with Crippen LogP contribution in [0, 0.1) is 0 Å². The molecule has 0 amide bonds. The fourth-order valence-electron chi connectivity index (χ4n) is 1.87. The van der Waals surface area contributed by atoms with Crippen LogP contribution in [0.25, 0.3) is 0 Å². The maximum absolute atomic E-state index is 11.8. The highest BCUT2D eigenvalue weighted by Gasteiger charge is 2.11. The largest absolute Gasteiger partial charge is 0.465 e. The summed E-state index contributed by atoms with van der Waals surface area (Å²) in [6, 6.07) is 7.01. The van der Waals surface area contributed by atoms with E-state index in [-0.39, 0.29) is 0 Å². The Labute approximate surface area is 134 Å². The third kappa shape index (κ3) is 4.89. The lowest BCUT2D eigenvalue weighted by molar-refractivity contribution is 0.0602. The van der Waals surface area contributed by atoms with Crippen molar-refractivity contribution < 1.29 is 14.3 Å². The van der Waals surface area contributed by atoms with Crippen molar-refractivity contribution in [2.75, 3.05) is 38.0 Å². The second-order valence-corrected chi connectivity index (χ2v) is 4.60. The number of hydrogen-bond acceptors (Lipinski definition) is 8. The number of para-hydroxylation sites is 1. The highest BCUT2D eigenvalue weighted by Crippen LogP contribution is 2.20. The number of aromatic nitrogens is 3. The zero-order valence-electron chi connectivity index (χ0n) is 13.1. The van der Waals surface area contributed by atoms with Crippen LogP contribution < -0.4 is 10.6 Å². The number of hydrogen-bond donors (Lipinski definition) is 2. The van der Waals surface area contributed by atoms with Crippen molar-refractivity contribution in [1.29, 1.82) is 0 Å². The Balaban J connectivity index is 2.07. The van der Waals surface area contributed by atoms with Gasteiger partial charge in [0.1, 0.15) is 0 Å². The lowest BCUT2D eigenvalue weighted by Gasteiger charge is -2.10. The minimum Gasteiger partial charge on any atom is -0.465 e. The van der Waals surface area contributed by atoms with E-state index in [0.717, 1.165) is 6.42 Å². The smallest absolute Gasteiger partial charge is 0.339 e. The summed E-state index contributed by atoms with van der Waals surface area (Å²) < 4.78 is 9.74. The van der Waals surface area contributed by atoms with Crippen LogP contribution in [0.3, 0.4) is 0 Å². The molecule has 0 bridgehead atoms. The third-order valence-corrected chi connectivity index (χ3v) is 2.96. The van der Waals surface area contributed by atoms with Gasteiger partial charge in [-0.1, -0.05) is 12.1 Å². The zero-order valence-corrected chi connectivity index (χ0v) is 13.1. The molecule has 2 aromatic rings. The molecule has 0 saturated carbocycles. The molecule has 122 valence electrons. The molecule has 8 nitrogen and oxygen atoms in total. The SMILES string of the molecule is COCCCNc1nncc(Nc2ccccc2C(=O)OC)n1. The van der Waals surface area contributed by atoms with Crippen LogP contribution >= 0.6 is 0 Å². The van der Waals surface area contributed by atoms with E-state index in [1.165, 1.54) is 13.3 Å². The zero-order chi connectivity index (χ0) is 16.5. The van der Waals surface area contributed by atoms with E-state index < -0.39 is 5.97 Å². The van der Waals surface area contributed by atoms with E-state index >= 15 is 0 Å². The van der Waals surface area contributed by atoms with E-state index in [0.29, 0.717) is 36.2 Å². The molecule has 1 aromatic heterocycles. The molecule has 23 heavy (non-hydrogen) atoms. The summed E-state index contributed by atoms with van der Waals surface area (Å²) in [7, 11) is 2.99. The molecule has 0 atom stereocenters. The number of rotatable bonds is 8. The number of anilines is 3. The van der Waals surface area contributed by atoms with Crippen LogP contribution in [0.4, 0.5) is 17.5 Å². The van der Waals surface area contributed by atoms with E-state index in [1.807, 2.05) is 6.07 Å². The lowest BCUT2D eigenvalue weighted by Crippen LogP contribution is -2.10. The molecular formula is C15H19N5O3. The van der Waals surface area contributed by atoms with Gasteiger partial charge in [0.2, 0.25) is 5.95 Å². The van der Waals surface area contributed by atoms with Crippen LogP contribution in [0.15, 0.2) is 30.5 Å². The molecule has 2 rings (SSSR count). The van der Waals surface area contributed by atoms with Crippen LogP contribution in [-0.2, 0) is 9.47 Å². The van der Waals surface area contributed by atoms with E-state index in [2.05, 4.69) is 25.8 Å². The molecule has 0 fully saturated rings. The molecule has 0 spiro atoms. The summed E-state index contributed by atoms with van der Waals surface area (Å²) in [4.78, 5) is 16.1. The molecule has 0 aliphatic rings. The number of nitrogens with zero attached hydrogens (tertiary/aromatic N) is 3. The van der Waals surface area contributed by atoms with E-state index in [9.17, 15) is 4.79 Å². The van der Waals surface area contributed by atoms with Gasteiger partial charge in [0, 0.05) is 20.3 Å². The van der Waals surface area contributed by atoms with Crippen LogP contribution in [0.5, 0.6) is 0 Å². The molecule has 0 unspecified atom stereocenters. The number of nitrogens with one attached hydrogen (secondary N) is 2. The van der Waals surface area contributed by atoms with Crippen molar-refractivity contribution >= 4 is 23.4 Å². The second-order valence-electron chi connectivity index (χ2n) is 4.60. The van der Waals surface area contributed by atoms with Crippen molar-refractivity contribution in [3.63, 3.8) is 0 Å². The Morgan fingerprint density at radius 1 is 1.26 bits per heavy atom. The third-order valence-electron chi connectivity index (χ3n) is 2.96. The van der Waals surface area contributed by atoms with Gasteiger partial charge in [-0.3, -0.25) is 0 Å². The lowest BCUT2D eigenvalue weighted by atomic mass is 10.2. The monoisotopic (exact) mass is 317 g/mol. The maximum atomic E-state index is 11.8. The Morgan fingerprint density at radius 2 is 2.09 bits per heavy atom. The first-order valence-corrected chi connectivity index (χ1v) is 7.11. The number of methoxy groups -OCH3 is 2. The summed E-state index contributed by atoms with van der Waals surface area (Å²) in [5.74, 6) is 0.459. The predicted octanol–water partition coefficient (Wildman–Crippen LogP) is 1.85. The standard InChI is InChI=1S/C15H19N5O3/c1-22-9-5-8-16-15-19-13(10-17-20-15)18-12-7-4-3-6-11(12)14(21)23-2/h3-4,6-7,10H,5,8-9H2,1-2H3,(H2,16,18,19,20). The van der Waals surface area contributed by atoms with E-state index in [4.69, 9.17) is 9.47 Å². The van der Waals surface area contributed by atoms with Gasteiger partial charge in [0.25, 0.3) is 0 Å². The van der Waals surface area contributed by atoms with Gasteiger partial charge in [-0.05, 0) is 18.6 Å². The average molecular weight is 317 g/mol. The number of carbonyl (C=O) groups excluding carboxylic acids is 1. The molecule has 2 N–H and O–H groups in total. The highest BCUT2D eigenvalue weighted by molar-refractivity contribution is 5.96. The number of carbonyl (C=O) groups is 1. The van der Waals surface area contributed by atoms with Gasteiger partial charge in [0.15, 0.2) is 5.82 Å². The van der Waals surface area contributed by atoms with Crippen LogP contribution in [-0.4, -0.2) is 48.5 Å². The van der Waals surface area contributed by atoms with Gasteiger partial charge >= 0.3 is 5.97 Å². The molecular weight excluding hydrogens is 298 g/mol. The predicted molar refractivity (Wildman–Crippen MR) is 85.9 cm³/mol. The summed E-state index contributed by atoms with van der Waals surface area (Å²) >= 11 is 0. The van der Waals surface area contributed by atoms with Gasteiger partial charge in [-0.15, -0.1) is 5.10 Å². The Bertz CT molecular complexity index is 651. The van der Waals surface area contributed by atoms with Crippen molar-refractivity contribution in [2.24, 2.45) is 0 Å². The first-order chi connectivity index (χ1) is 11.2. The Kier molecular flexibility index (Phi) is 6.25. The number of esters is 1. The average Bonchev–Trinajstić information content (AvgIpc) is 2.59. The van der Waals surface area contributed by atoms with Gasteiger partial charge in [-0.2, -0.15) is 10.1 Å². The molecule has 0 aliphatic heterocycles. The normalized spacial score (nSPS) is 10.2. The summed E-state index contributed by atoms with van der Waals surface area (Å²) in [5, 5.41) is 13.9. The minimum atomic E-state index is -0.423. The minimum absolute atomic E-state index is 0.404. The van der Waals surface area contributed by atoms with Gasteiger partial charge in [-0.25, -0.2) is 4.79 Å². The van der Waals surface area contributed by atoms with Crippen LogP contribution in [0.1, 0.15) is 16.8 Å². The summed E-state index contributed by atoms with van der Waals surface area (Å²) in [5.41, 5.74) is 1.01. The number of ether oxygens (including phenoxy) is 2. The fourth-order valence-corrected chi connectivity index (χ4v) is 1.87. The van der Waals surface area contributed by atoms with E-state index in [1.54, 1.807) is 25.3 Å². The number of benzene rings is 1. The van der Waals surface area contributed by atoms with Gasteiger partial charge in [0.05, 0.1) is 24.6 Å². The molecule has 1 heterocycles. The first-order valence-electron chi connectivity index (χ1n) is 7.11. The van der Waals surface area contributed by atoms with Crippen molar-refractivity contribution in [3.05, 3.63) is 36.0 Å². The molecule has 0 radical (unpaired) electrons. The fraction of sp³-hybridized carbons (Fsp3) is 0.333. The van der Waals surface area contributed by atoms with Gasteiger partial charge < -0.3 is 20.1 Å². The maximum Gasteiger partial charge on any atom is 0.339 e. The summed E-state index contributed by atoms with van der Waals surface area (Å²) in [6.07, 6.45) is 2.32. The topological polar surface area (TPSA) is 98.3 Å². The molecule has 1 aromatic carbocycles. The van der Waals surface area contributed by atoms with Crippen LogP contribution in [0.2, 0.25) is 0 Å². The quantitative estimate of drug-likeness (QED) is 0.562. The van der Waals surface area contributed by atoms with Crippen molar-refractivity contribution in [1.82, 2.24) is 15.2 Å². The first kappa shape index (κ1) is 16.6. The second kappa shape index (κ2) is 8.64. The Morgan fingerprint density at radius 3 is 2.87 bits per heavy atom. The summed E-state index contributed by atoms with van der Waals surface area (Å²) in [6.45, 7) is 1.34. The molecule has 0 aliphatic carbocycles. The van der Waals surface area contributed by atoms with Crippen molar-refractivity contribution in [2.45, 2.75) is 6.42 Å². The van der Waals surface area contributed by atoms with Crippen molar-refractivity contribution in [3.8, 4) is 0 Å². The molecule has 0 saturated heterocycles.